The molecule has 2 aromatic rings. The number of aromatic nitrogens is 4. The number of hydrogen-bond acceptors (Lipinski definition) is 6. The summed E-state index contributed by atoms with van der Waals surface area (Å²) in [4.78, 5) is 0. The third-order valence-corrected chi connectivity index (χ3v) is 3.31. The maximum Gasteiger partial charge on any atom is 0.186 e. The molecule has 0 saturated heterocycles. The molecule has 0 aliphatic carbocycles. The van der Waals surface area contributed by atoms with Crippen molar-refractivity contribution in [3.63, 3.8) is 0 Å². The number of ether oxygens (including phenoxy) is 2. The highest BCUT2D eigenvalue weighted by Crippen LogP contribution is 2.34. The van der Waals surface area contributed by atoms with E-state index in [4.69, 9.17) is 15.2 Å². The molecule has 0 saturated carbocycles. The van der Waals surface area contributed by atoms with Crippen molar-refractivity contribution in [2.75, 3.05) is 26.6 Å². The van der Waals surface area contributed by atoms with E-state index < -0.39 is 0 Å². The predicted octanol–water partition coefficient (Wildman–Crippen LogP) is 1.92. The summed E-state index contributed by atoms with van der Waals surface area (Å²) in [6.07, 6.45) is 1.94. The van der Waals surface area contributed by atoms with Crippen LogP contribution in [0, 0.1) is 0 Å². The zero-order chi connectivity index (χ0) is 15.2. The van der Waals surface area contributed by atoms with Gasteiger partial charge in [-0.15, -0.1) is 5.10 Å². The molecule has 1 aromatic heterocycles. The van der Waals surface area contributed by atoms with E-state index in [0.717, 1.165) is 18.4 Å². The third kappa shape index (κ3) is 3.13. The number of nitrogen functional groups attached to an aromatic ring is 1. The van der Waals surface area contributed by atoms with Crippen molar-refractivity contribution in [2.45, 2.75) is 25.8 Å². The molecule has 1 atom stereocenters. The van der Waals surface area contributed by atoms with E-state index in [-0.39, 0.29) is 6.04 Å². The van der Waals surface area contributed by atoms with E-state index in [2.05, 4.69) is 22.4 Å². The van der Waals surface area contributed by atoms with Crippen molar-refractivity contribution >= 4 is 5.69 Å². The first-order valence-corrected chi connectivity index (χ1v) is 6.92. The molecule has 1 aromatic carbocycles. The molecule has 7 heteroatoms. The lowest BCUT2D eigenvalue weighted by Gasteiger charge is -2.18. The van der Waals surface area contributed by atoms with Crippen LogP contribution in [0.5, 0.6) is 5.75 Å². The predicted molar refractivity (Wildman–Crippen MR) is 80.0 cm³/mol. The number of rotatable bonds is 7. The Morgan fingerprint density at radius 2 is 2.14 bits per heavy atom. The molecule has 0 aliphatic heterocycles. The molecule has 7 nitrogen and oxygen atoms in total. The highest BCUT2D eigenvalue weighted by atomic mass is 16.5. The normalized spacial score (nSPS) is 12.3. The van der Waals surface area contributed by atoms with Crippen LogP contribution in [0.4, 0.5) is 5.69 Å². The molecule has 2 N–H and O–H groups in total. The smallest absolute Gasteiger partial charge is 0.186 e. The van der Waals surface area contributed by atoms with Crippen LogP contribution in [-0.2, 0) is 4.74 Å². The van der Waals surface area contributed by atoms with Crippen LogP contribution in [0.1, 0.15) is 25.8 Å². The van der Waals surface area contributed by atoms with Gasteiger partial charge in [0.1, 0.15) is 0 Å². The fourth-order valence-corrected chi connectivity index (χ4v) is 2.38. The van der Waals surface area contributed by atoms with E-state index in [1.165, 1.54) is 0 Å². The molecule has 21 heavy (non-hydrogen) atoms. The molecule has 114 valence electrons. The fraction of sp³-hybridized carbons (Fsp3) is 0.500. The number of methoxy groups -OCH3 is 2. The zero-order valence-corrected chi connectivity index (χ0v) is 12.6. The summed E-state index contributed by atoms with van der Waals surface area (Å²) >= 11 is 0. The largest absolute Gasteiger partial charge is 0.494 e. The van der Waals surface area contributed by atoms with Crippen molar-refractivity contribution in [3.05, 3.63) is 18.2 Å². The Bertz CT molecular complexity index is 578. The monoisotopic (exact) mass is 291 g/mol. The van der Waals surface area contributed by atoms with Crippen molar-refractivity contribution in [1.29, 1.82) is 0 Å². The second-order valence-electron chi connectivity index (χ2n) is 4.77. The summed E-state index contributed by atoms with van der Waals surface area (Å²) in [5.41, 5.74) is 7.29. The first kappa shape index (κ1) is 15.2. The van der Waals surface area contributed by atoms with Gasteiger partial charge in [0.15, 0.2) is 11.6 Å². The molecule has 2 rings (SSSR count). The number of hydrogen-bond donors (Lipinski definition) is 1. The zero-order valence-electron chi connectivity index (χ0n) is 12.6. The van der Waals surface area contributed by atoms with Gasteiger partial charge in [0.2, 0.25) is 0 Å². The van der Waals surface area contributed by atoms with Gasteiger partial charge >= 0.3 is 0 Å². The highest BCUT2D eigenvalue weighted by molar-refractivity contribution is 5.73. The van der Waals surface area contributed by atoms with Gasteiger partial charge < -0.3 is 15.2 Å². The Kier molecular flexibility index (Phi) is 5.10. The average Bonchev–Trinajstić information content (AvgIpc) is 2.96. The van der Waals surface area contributed by atoms with Crippen LogP contribution in [0.15, 0.2) is 18.2 Å². The Labute approximate surface area is 124 Å². The molecular formula is C14H21N5O2. The minimum absolute atomic E-state index is 0.0798. The minimum Gasteiger partial charge on any atom is -0.494 e. The number of tetrazole rings is 1. The van der Waals surface area contributed by atoms with Crippen molar-refractivity contribution < 1.29 is 9.47 Å². The van der Waals surface area contributed by atoms with E-state index >= 15 is 0 Å². The van der Waals surface area contributed by atoms with Crippen LogP contribution >= 0.6 is 0 Å². The summed E-state index contributed by atoms with van der Waals surface area (Å²) in [6.45, 7) is 2.67. The Hall–Kier alpha value is -2.15. The number of anilines is 1. The van der Waals surface area contributed by atoms with E-state index in [9.17, 15) is 0 Å². The fourth-order valence-electron chi connectivity index (χ4n) is 2.38. The second-order valence-corrected chi connectivity index (χ2v) is 4.77. The molecule has 0 fully saturated rings. The highest BCUT2D eigenvalue weighted by Gasteiger charge is 2.21. The lowest BCUT2D eigenvalue weighted by molar-refractivity contribution is 0.144. The summed E-state index contributed by atoms with van der Waals surface area (Å²) in [5.74, 6) is 1.22. The van der Waals surface area contributed by atoms with E-state index in [0.29, 0.717) is 23.9 Å². The van der Waals surface area contributed by atoms with Crippen LogP contribution in [-0.4, -0.2) is 41.0 Å². The molecule has 0 radical (unpaired) electrons. The average molecular weight is 291 g/mol. The van der Waals surface area contributed by atoms with Gasteiger partial charge in [0.25, 0.3) is 0 Å². The Morgan fingerprint density at radius 3 is 2.81 bits per heavy atom. The molecule has 0 amide bonds. The summed E-state index contributed by atoms with van der Waals surface area (Å²) < 4.78 is 12.5. The second kappa shape index (κ2) is 7.03. The Balaban J connectivity index is 2.47. The van der Waals surface area contributed by atoms with Gasteiger partial charge in [-0.1, -0.05) is 19.4 Å². The molecular weight excluding hydrogens is 270 g/mol. The van der Waals surface area contributed by atoms with Gasteiger partial charge in [-0.3, -0.25) is 0 Å². The third-order valence-electron chi connectivity index (χ3n) is 3.31. The molecule has 1 heterocycles. The summed E-state index contributed by atoms with van der Waals surface area (Å²) in [5, 5.41) is 12.0. The van der Waals surface area contributed by atoms with Crippen LogP contribution < -0.4 is 10.5 Å². The number of para-hydroxylation sites is 1. The lowest BCUT2D eigenvalue weighted by Crippen LogP contribution is -2.17. The maximum absolute atomic E-state index is 5.95. The molecule has 1 unspecified atom stereocenters. The van der Waals surface area contributed by atoms with Gasteiger partial charge in [0.05, 0.1) is 31.0 Å². The van der Waals surface area contributed by atoms with Gasteiger partial charge in [-0.25, -0.2) is 4.68 Å². The standard InChI is InChI=1S/C14H21N5O2/c1-4-6-10(9-20-2)19-14(16-17-18-19)11-7-5-8-12(15)13(11)21-3/h5,7-8,10H,4,6,9,15H2,1-3H3. The first-order valence-electron chi connectivity index (χ1n) is 6.92. The summed E-state index contributed by atoms with van der Waals surface area (Å²) in [6, 6.07) is 5.62. The first-order chi connectivity index (χ1) is 10.2. The SMILES string of the molecule is CCCC(COC)n1nnnc1-c1cccc(N)c1OC. The van der Waals surface area contributed by atoms with Crippen molar-refractivity contribution in [3.8, 4) is 17.1 Å². The molecule has 0 bridgehead atoms. The van der Waals surface area contributed by atoms with Crippen molar-refractivity contribution in [1.82, 2.24) is 20.2 Å². The van der Waals surface area contributed by atoms with Crippen LogP contribution in [0.25, 0.3) is 11.4 Å². The maximum atomic E-state index is 5.95. The van der Waals surface area contributed by atoms with Gasteiger partial charge in [-0.05, 0) is 29.0 Å². The van der Waals surface area contributed by atoms with E-state index in [1.807, 2.05) is 12.1 Å². The number of benzene rings is 1. The molecule has 0 spiro atoms. The quantitative estimate of drug-likeness (QED) is 0.784. The van der Waals surface area contributed by atoms with Crippen molar-refractivity contribution in [2.24, 2.45) is 0 Å². The minimum atomic E-state index is 0.0798. The molecule has 0 aliphatic rings. The van der Waals surface area contributed by atoms with Gasteiger partial charge in [0, 0.05) is 7.11 Å². The number of nitrogens with two attached hydrogens (primary N) is 1. The number of nitrogens with zero attached hydrogens (tertiary/aromatic N) is 4. The Morgan fingerprint density at radius 1 is 1.33 bits per heavy atom. The summed E-state index contributed by atoms with van der Waals surface area (Å²) in [7, 11) is 3.26. The van der Waals surface area contributed by atoms with E-state index in [1.54, 1.807) is 25.0 Å². The van der Waals surface area contributed by atoms with Crippen LogP contribution in [0.2, 0.25) is 0 Å². The van der Waals surface area contributed by atoms with Crippen LogP contribution in [0.3, 0.4) is 0 Å². The topological polar surface area (TPSA) is 88.1 Å². The lowest BCUT2D eigenvalue weighted by atomic mass is 10.1. The van der Waals surface area contributed by atoms with Gasteiger partial charge in [-0.2, -0.15) is 0 Å².